The average molecular weight is 446 g/mol. The highest BCUT2D eigenvalue weighted by atomic mass is 32.2. The Kier molecular flexibility index (Phi) is 8.01. The summed E-state index contributed by atoms with van der Waals surface area (Å²) in [7, 11) is -4.74. The number of nitrogens with zero attached hydrogens (tertiary/aromatic N) is 3. The minimum Gasteiger partial charge on any atom is -0.356 e. The van der Waals surface area contributed by atoms with Gasteiger partial charge in [0.15, 0.2) is 10.9 Å². The van der Waals surface area contributed by atoms with E-state index >= 15 is 0 Å². The first-order valence-corrected chi connectivity index (χ1v) is 11.3. The highest BCUT2D eigenvalue weighted by molar-refractivity contribution is 7.87. The number of hydrogen-bond donors (Lipinski definition) is 2. The van der Waals surface area contributed by atoms with E-state index in [1.54, 1.807) is 0 Å². The maximum Gasteiger partial charge on any atom is 0.333 e. The number of imide groups is 1. The summed E-state index contributed by atoms with van der Waals surface area (Å²) in [6, 6.07) is 0. The molecule has 2 rings (SSSR count). The molecule has 0 spiro atoms. The second kappa shape index (κ2) is 10.1. The van der Waals surface area contributed by atoms with Crippen LogP contribution >= 0.6 is 0 Å². The number of unbranched alkanes of at least 4 members (excludes halogenated alkanes) is 4. The molecular formula is C17H26N4O8S. The van der Waals surface area contributed by atoms with Crippen LogP contribution in [-0.4, -0.2) is 59.2 Å². The van der Waals surface area contributed by atoms with Crippen LogP contribution in [-0.2, 0) is 34.1 Å². The van der Waals surface area contributed by atoms with Gasteiger partial charge in [0, 0.05) is 25.8 Å². The molecule has 1 fully saturated rings. The van der Waals surface area contributed by atoms with Crippen molar-refractivity contribution in [1.29, 1.82) is 0 Å². The molecule has 0 radical (unpaired) electrons. The van der Waals surface area contributed by atoms with Gasteiger partial charge in [-0.15, -0.1) is 5.06 Å². The monoisotopic (exact) mass is 446 g/mol. The molecule has 1 atom stereocenters. The van der Waals surface area contributed by atoms with Gasteiger partial charge in [-0.3, -0.25) is 18.9 Å². The van der Waals surface area contributed by atoms with E-state index in [9.17, 15) is 27.6 Å². The van der Waals surface area contributed by atoms with Crippen molar-refractivity contribution in [1.82, 2.24) is 10.4 Å². The zero-order valence-electron chi connectivity index (χ0n) is 16.7. The number of amides is 3. The molecule has 2 aliphatic heterocycles. The van der Waals surface area contributed by atoms with Crippen molar-refractivity contribution >= 4 is 33.8 Å². The van der Waals surface area contributed by atoms with Gasteiger partial charge in [0.25, 0.3) is 21.9 Å². The molecule has 12 nitrogen and oxygen atoms in total. The van der Waals surface area contributed by atoms with Gasteiger partial charge in [-0.2, -0.15) is 18.6 Å². The Morgan fingerprint density at radius 3 is 2.40 bits per heavy atom. The predicted molar refractivity (Wildman–Crippen MR) is 101 cm³/mol. The van der Waals surface area contributed by atoms with E-state index < -0.39 is 39.6 Å². The van der Waals surface area contributed by atoms with Gasteiger partial charge in [0.2, 0.25) is 5.91 Å². The highest BCUT2D eigenvalue weighted by Gasteiger charge is 2.48. The predicted octanol–water partition coefficient (Wildman–Crippen LogP) is 0.879. The van der Waals surface area contributed by atoms with Gasteiger partial charge in [-0.05, 0) is 19.8 Å². The average Bonchev–Trinajstić information content (AvgIpc) is 3.33. The summed E-state index contributed by atoms with van der Waals surface area (Å²) in [6.45, 7) is 2.44. The first-order chi connectivity index (χ1) is 14.0. The van der Waals surface area contributed by atoms with E-state index in [-0.39, 0.29) is 23.1 Å². The first kappa shape index (κ1) is 23.9. The van der Waals surface area contributed by atoms with Crippen LogP contribution in [0.15, 0.2) is 10.2 Å². The molecule has 0 aliphatic carbocycles. The van der Waals surface area contributed by atoms with Crippen LogP contribution in [0.1, 0.15) is 64.7 Å². The van der Waals surface area contributed by atoms with Gasteiger partial charge in [-0.1, -0.05) is 19.3 Å². The molecule has 0 saturated carbocycles. The lowest BCUT2D eigenvalue weighted by Gasteiger charge is -2.13. The van der Waals surface area contributed by atoms with Crippen LogP contribution in [0.2, 0.25) is 0 Å². The fourth-order valence-electron chi connectivity index (χ4n) is 2.84. The van der Waals surface area contributed by atoms with Crippen LogP contribution in [0.4, 0.5) is 0 Å². The number of hydrogen-bond acceptors (Lipinski definition) is 9. The molecule has 2 aliphatic rings. The Morgan fingerprint density at radius 2 is 1.80 bits per heavy atom. The van der Waals surface area contributed by atoms with E-state index in [4.69, 9.17) is 4.55 Å². The fourth-order valence-corrected chi connectivity index (χ4v) is 3.54. The van der Waals surface area contributed by atoms with E-state index in [2.05, 4.69) is 20.4 Å². The summed E-state index contributed by atoms with van der Waals surface area (Å²) >= 11 is 0. The fraction of sp³-hybridized carbons (Fsp3) is 0.765. The highest BCUT2D eigenvalue weighted by Crippen LogP contribution is 2.31. The molecule has 0 aromatic carbocycles. The second-order valence-corrected chi connectivity index (χ2v) is 9.08. The number of carbonyl (C=O) groups excluding carboxylic acids is 4. The second-order valence-electron chi connectivity index (χ2n) is 7.48. The van der Waals surface area contributed by atoms with Gasteiger partial charge >= 0.3 is 5.97 Å². The van der Waals surface area contributed by atoms with E-state index in [0.29, 0.717) is 32.2 Å². The van der Waals surface area contributed by atoms with Crippen LogP contribution in [0.5, 0.6) is 0 Å². The molecule has 13 heteroatoms. The Balaban J connectivity index is 1.49. The SMILES string of the molecule is CC1(CCC(=O)NCCCCCCCC(=O)ON2C(=O)CC(S(=O)(=O)O)C2=O)N=N1. The molecule has 168 valence electrons. The van der Waals surface area contributed by atoms with Crippen molar-refractivity contribution < 1.29 is 37.0 Å². The zero-order valence-corrected chi connectivity index (χ0v) is 17.5. The number of hydroxylamine groups is 2. The number of carbonyl (C=O) groups is 4. The molecule has 0 aromatic rings. The van der Waals surface area contributed by atoms with E-state index in [1.807, 2.05) is 6.92 Å². The minimum atomic E-state index is -4.74. The molecule has 3 amide bonds. The third-order valence-corrected chi connectivity index (χ3v) is 5.85. The van der Waals surface area contributed by atoms with E-state index in [0.717, 1.165) is 19.3 Å². The smallest absolute Gasteiger partial charge is 0.333 e. The summed E-state index contributed by atoms with van der Waals surface area (Å²) in [5, 5.41) is 8.70. The largest absolute Gasteiger partial charge is 0.356 e. The summed E-state index contributed by atoms with van der Waals surface area (Å²) in [4.78, 5) is 51.4. The topological polar surface area (TPSA) is 172 Å². The first-order valence-electron chi connectivity index (χ1n) is 9.76. The van der Waals surface area contributed by atoms with Crippen molar-refractivity contribution in [2.45, 2.75) is 75.6 Å². The number of rotatable bonds is 13. The maximum absolute atomic E-state index is 11.8. The molecule has 30 heavy (non-hydrogen) atoms. The van der Waals surface area contributed by atoms with Gasteiger partial charge in [-0.25, -0.2) is 4.79 Å². The lowest BCUT2D eigenvalue weighted by atomic mass is 10.1. The Hall–Kier alpha value is -2.41. The summed E-state index contributed by atoms with van der Waals surface area (Å²) in [5.74, 6) is -3.12. The van der Waals surface area contributed by atoms with Crippen molar-refractivity contribution in [2.75, 3.05) is 6.54 Å². The Bertz CT molecular complexity index is 820. The Morgan fingerprint density at radius 1 is 1.17 bits per heavy atom. The summed E-state index contributed by atoms with van der Waals surface area (Å²) in [5.41, 5.74) is -0.369. The van der Waals surface area contributed by atoms with Crippen LogP contribution in [0.3, 0.4) is 0 Å². The van der Waals surface area contributed by atoms with E-state index in [1.165, 1.54) is 0 Å². The lowest BCUT2D eigenvalue weighted by molar-refractivity contribution is -0.197. The molecule has 0 aromatic heterocycles. The molecule has 1 saturated heterocycles. The van der Waals surface area contributed by atoms with Gasteiger partial charge < -0.3 is 10.2 Å². The summed E-state index contributed by atoms with van der Waals surface area (Å²) in [6.07, 6.45) is 3.86. The Labute approximate surface area is 174 Å². The maximum atomic E-state index is 11.8. The van der Waals surface area contributed by atoms with Crippen LogP contribution in [0.25, 0.3) is 0 Å². The number of nitrogens with one attached hydrogen (secondary N) is 1. The van der Waals surface area contributed by atoms with Crippen molar-refractivity contribution in [3.05, 3.63) is 0 Å². The van der Waals surface area contributed by atoms with Gasteiger partial charge in [0.05, 0.1) is 6.42 Å². The quantitative estimate of drug-likeness (QED) is 0.238. The van der Waals surface area contributed by atoms with Crippen molar-refractivity contribution in [3.63, 3.8) is 0 Å². The molecular weight excluding hydrogens is 420 g/mol. The lowest BCUT2D eigenvalue weighted by Crippen LogP contribution is -2.36. The van der Waals surface area contributed by atoms with Crippen LogP contribution in [0, 0.1) is 0 Å². The summed E-state index contributed by atoms with van der Waals surface area (Å²) < 4.78 is 31.0. The minimum absolute atomic E-state index is 0.0292. The third kappa shape index (κ3) is 7.44. The van der Waals surface area contributed by atoms with Crippen LogP contribution < -0.4 is 5.32 Å². The molecule has 1 unspecified atom stereocenters. The van der Waals surface area contributed by atoms with Gasteiger partial charge in [0.1, 0.15) is 0 Å². The molecule has 0 bridgehead atoms. The molecule has 2 heterocycles. The van der Waals surface area contributed by atoms with Crippen molar-refractivity contribution in [3.8, 4) is 0 Å². The molecule has 2 N–H and O–H groups in total. The normalized spacial score (nSPS) is 19.8. The van der Waals surface area contributed by atoms with Crippen molar-refractivity contribution in [2.24, 2.45) is 10.2 Å². The third-order valence-electron chi connectivity index (χ3n) is 4.76. The zero-order chi connectivity index (χ0) is 22.4. The standard InChI is InChI=1S/C17H26N4O8S/c1-17(19-20-17)9-8-13(22)18-10-6-4-2-3-5-7-15(24)29-21-14(23)11-12(16(21)25)30(26,27)28/h12H,2-11H2,1H3,(H,18,22)(H,26,27,28).